The topological polar surface area (TPSA) is 126 Å². The number of fused-ring (bicyclic) bond motifs is 1. The van der Waals surface area contributed by atoms with E-state index in [2.05, 4.69) is 9.44 Å². The summed E-state index contributed by atoms with van der Waals surface area (Å²) in [6, 6.07) is 18.1. The van der Waals surface area contributed by atoms with Gasteiger partial charge in [-0.3, -0.25) is 19.0 Å². The number of ketones is 2. The Morgan fingerprint density at radius 1 is 0.643 bits per heavy atom. The van der Waals surface area contributed by atoms with Gasteiger partial charge in [0, 0.05) is 23.6 Å². The molecule has 5 rings (SSSR count). The number of hydrogen-bond donors (Lipinski definition) is 2. The second-order valence-corrected chi connectivity index (χ2v) is 14.2. The van der Waals surface area contributed by atoms with Gasteiger partial charge in [-0.15, -0.1) is 0 Å². The molecule has 0 atom stereocenters. The van der Waals surface area contributed by atoms with E-state index in [0.717, 1.165) is 11.1 Å². The van der Waals surface area contributed by atoms with Crippen molar-refractivity contribution in [3.63, 3.8) is 0 Å². The Kier molecular flexibility index (Phi) is 7.72. The summed E-state index contributed by atoms with van der Waals surface area (Å²) in [5.74, 6) is -1.90. The van der Waals surface area contributed by atoms with Crippen molar-refractivity contribution < 1.29 is 26.4 Å². The maximum Gasteiger partial charge on any atom is 0.262 e. The van der Waals surface area contributed by atoms with E-state index in [4.69, 9.17) is 0 Å². The Morgan fingerprint density at radius 2 is 1.14 bits per heavy atom. The summed E-state index contributed by atoms with van der Waals surface area (Å²) in [6.45, 7) is 7.13. The first-order valence-corrected chi connectivity index (χ1v) is 16.6. The fraction of sp³-hybridized carbons (Fsp3) is 0.250. The van der Waals surface area contributed by atoms with Gasteiger partial charge in [0.2, 0.25) is 0 Å². The molecule has 0 amide bonds. The predicted octanol–water partition coefficient (Wildman–Crippen LogP) is 6.08. The van der Waals surface area contributed by atoms with Crippen LogP contribution in [0.25, 0.3) is 10.8 Å². The third-order valence-corrected chi connectivity index (χ3v) is 10.6. The van der Waals surface area contributed by atoms with Gasteiger partial charge >= 0.3 is 0 Å². The number of benzene rings is 4. The number of anilines is 2. The van der Waals surface area contributed by atoms with Crippen LogP contribution in [0.1, 0.15) is 53.0 Å². The summed E-state index contributed by atoms with van der Waals surface area (Å²) in [5, 5.41) is 0.761. The minimum absolute atomic E-state index is 0.0593. The molecule has 218 valence electrons. The average molecular weight is 605 g/mol. The summed E-state index contributed by atoms with van der Waals surface area (Å²) in [4.78, 5) is 26.5. The van der Waals surface area contributed by atoms with Crippen LogP contribution in [0.15, 0.2) is 76.5 Å². The SMILES string of the molecule is Cc1ccc(S(=O)(=O)Nc2cc(C3C(=O)CCCC3=O)c(NS(=O)(=O)c3ccc(C)cc3C)c3ccccc23)c(C)c1. The molecule has 1 aliphatic rings. The van der Waals surface area contributed by atoms with E-state index in [9.17, 15) is 26.4 Å². The molecule has 0 aliphatic heterocycles. The number of nitrogens with one attached hydrogen (secondary N) is 2. The first kappa shape index (κ1) is 29.5. The van der Waals surface area contributed by atoms with Gasteiger partial charge < -0.3 is 0 Å². The number of Topliss-reactive ketones (excluding diaryl/α,β-unsaturated/α-hetero) is 2. The molecule has 0 spiro atoms. The van der Waals surface area contributed by atoms with Gasteiger partial charge in [0.15, 0.2) is 0 Å². The van der Waals surface area contributed by atoms with Crippen LogP contribution in [0.5, 0.6) is 0 Å². The quantitative estimate of drug-likeness (QED) is 0.246. The molecule has 1 saturated carbocycles. The zero-order chi connectivity index (χ0) is 30.4. The summed E-state index contributed by atoms with van der Waals surface area (Å²) < 4.78 is 60.0. The van der Waals surface area contributed by atoms with Crippen LogP contribution in [0.3, 0.4) is 0 Å². The van der Waals surface area contributed by atoms with Gasteiger partial charge in [-0.25, -0.2) is 16.8 Å². The van der Waals surface area contributed by atoms with E-state index in [1.54, 1.807) is 62.4 Å². The zero-order valence-electron chi connectivity index (χ0n) is 23.8. The van der Waals surface area contributed by atoms with E-state index in [-0.39, 0.29) is 51.1 Å². The van der Waals surface area contributed by atoms with E-state index in [0.29, 0.717) is 28.3 Å². The Balaban J connectivity index is 1.74. The van der Waals surface area contributed by atoms with Crippen molar-refractivity contribution in [1.82, 2.24) is 0 Å². The third-order valence-electron chi connectivity index (χ3n) is 7.60. The summed E-state index contributed by atoms with van der Waals surface area (Å²) in [6.07, 6.45) is 0.740. The first-order chi connectivity index (χ1) is 19.8. The molecular weight excluding hydrogens is 572 g/mol. The Labute approximate surface area is 246 Å². The van der Waals surface area contributed by atoms with Crippen LogP contribution < -0.4 is 9.44 Å². The van der Waals surface area contributed by atoms with Crippen molar-refractivity contribution >= 4 is 53.8 Å². The number of hydrogen-bond acceptors (Lipinski definition) is 6. The molecule has 0 saturated heterocycles. The highest BCUT2D eigenvalue weighted by Crippen LogP contribution is 2.42. The second kappa shape index (κ2) is 11.0. The number of rotatable bonds is 7. The Hall–Kier alpha value is -4.02. The highest BCUT2D eigenvalue weighted by Gasteiger charge is 2.35. The molecule has 42 heavy (non-hydrogen) atoms. The highest BCUT2D eigenvalue weighted by atomic mass is 32.2. The van der Waals surface area contributed by atoms with Crippen LogP contribution >= 0.6 is 0 Å². The summed E-state index contributed by atoms with van der Waals surface area (Å²) in [5.41, 5.74) is 3.24. The molecule has 0 bridgehead atoms. The van der Waals surface area contributed by atoms with Crippen LogP contribution in [0.4, 0.5) is 11.4 Å². The maximum absolute atomic E-state index is 13.7. The minimum atomic E-state index is -4.16. The molecular formula is C32H32N2O6S2. The molecule has 0 radical (unpaired) electrons. The smallest absolute Gasteiger partial charge is 0.262 e. The fourth-order valence-electron chi connectivity index (χ4n) is 5.67. The Bertz CT molecular complexity index is 1970. The number of sulfonamides is 2. The van der Waals surface area contributed by atoms with Gasteiger partial charge in [0.25, 0.3) is 20.0 Å². The van der Waals surface area contributed by atoms with E-state index < -0.39 is 26.0 Å². The average Bonchev–Trinajstić information content (AvgIpc) is 2.89. The van der Waals surface area contributed by atoms with Gasteiger partial charge in [-0.1, -0.05) is 59.7 Å². The summed E-state index contributed by atoms with van der Waals surface area (Å²) >= 11 is 0. The summed E-state index contributed by atoms with van der Waals surface area (Å²) in [7, 11) is -8.25. The van der Waals surface area contributed by atoms with Crippen LogP contribution in [0.2, 0.25) is 0 Å². The molecule has 2 N–H and O–H groups in total. The third kappa shape index (κ3) is 5.56. The lowest BCUT2D eigenvalue weighted by Gasteiger charge is -2.25. The standard InChI is InChI=1S/C32H32N2O6S2/c1-19-12-14-29(21(3)16-19)41(37,38)33-26-18-25(31-27(35)10-7-11-28(31)36)32(24-9-6-5-8-23(24)26)34-42(39,40)30-15-13-20(2)17-22(30)4/h5-6,8-9,12-18,31,33-34H,7,10-11H2,1-4H3. The van der Waals surface area contributed by atoms with Crippen LogP contribution in [0, 0.1) is 27.7 Å². The molecule has 0 heterocycles. The lowest BCUT2D eigenvalue weighted by atomic mass is 9.80. The Morgan fingerprint density at radius 3 is 1.67 bits per heavy atom. The van der Waals surface area contributed by atoms with E-state index in [1.807, 2.05) is 13.8 Å². The number of carbonyl (C=O) groups is 2. The molecule has 1 aliphatic carbocycles. The molecule has 0 aromatic heterocycles. The molecule has 0 unspecified atom stereocenters. The zero-order valence-corrected chi connectivity index (χ0v) is 25.4. The normalized spacial score (nSPS) is 14.8. The van der Waals surface area contributed by atoms with Gasteiger partial charge in [0.1, 0.15) is 17.5 Å². The minimum Gasteiger partial charge on any atom is -0.299 e. The second-order valence-electron chi connectivity index (χ2n) is 10.9. The van der Waals surface area contributed by atoms with Crippen molar-refractivity contribution in [1.29, 1.82) is 0 Å². The molecule has 1 fully saturated rings. The van der Waals surface area contributed by atoms with Crippen molar-refractivity contribution in [2.24, 2.45) is 0 Å². The van der Waals surface area contributed by atoms with Gasteiger partial charge in [0.05, 0.1) is 21.2 Å². The van der Waals surface area contributed by atoms with E-state index >= 15 is 0 Å². The molecule has 4 aromatic rings. The van der Waals surface area contributed by atoms with Crippen molar-refractivity contribution in [2.75, 3.05) is 9.44 Å². The lowest BCUT2D eigenvalue weighted by Crippen LogP contribution is -2.28. The molecule has 4 aromatic carbocycles. The van der Waals surface area contributed by atoms with Crippen LogP contribution in [-0.4, -0.2) is 28.4 Å². The fourth-order valence-corrected chi connectivity index (χ4v) is 8.30. The maximum atomic E-state index is 13.7. The number of carbonyl (C=O) groups excluding carboxylic acids is 2. The number of aryl methyl sites for hydroxylation is 4. The highest BCUT2D eigenvalue weighted by molar-refractivity contribution is 7.93. The lowest BCUT2D eigenvalue weighted by molar-refractivity contribution is -0.131. The van der Waals surface area contributed by atoms with Crippen molar-refractivity contribution in [2.45, 2.75) is 62.7 Å². The van der Waals surface area contributed by atoms with Gasteiger partial charge in [-0.05, 0) is 69.0 Å². The monoisotopic (exact) mass is 604 g/mol. The van der Waals surface area contributed by atoms with E-state index in [1.165, 1.54) is 18.2 Å². The molecule has 10 heteroatoms. The van der Waals surface area contributed by atoms with Crippen LogP contribution in [-0.2, 0) is 29.6 Å². The molecule has 8 nitrogen and oxygen atoms in total. The first-order valence-electron chi connectivity index (χ1n) is 13.6. The van der Waals surface area contributed by atoms with Gasteiger partial charge in [-0.2, -0.15) is 0 Å². The van der Waals surface area contributed by atoms with Crippen molar-refractivity contribution in [3.8, 4) is 0 Å². The van der Waals surface area contributed by atoms with Crippen molar-refractivity contribution in [3.05, 3.63) is 94.5 Å². The largest absolute Gasteiger partial charge is 0.299 e. The predicted molar refractivity (Wildman–Crippen MR) is 164 cm³/mol.